The van der Waals surface area contributed by atoms with Crippen LogP contribution >= 0.6 is 0 Å². The maximum atomic E-state index is 11.8. The molecule has 0 aliphatic heterocycles. The standard InChI is InChI=1S/C13H10NO2/c1-9-5-4-7-11-10-6-2-3-8-12(10)16-13(15)14(9)11/h2-8H,1H3/q+1. The first-order valence-corrected chi connectivity index (χ1v) is 5.10. The molecule has 0 unspecified atom stereocenters. The average molecular weight is 212 g/mol. The topological polar surface area (TPSA) is 34.3 Å². The zero-order valence-corrected chi connectivity index (χ0v) is 8.81. The van der Waals surface area contributed by atoms with Crippen LogP contribution in [0.5, 0.6) is 0 Å². The molecule has 0 spiro atoms. The molecular formula is C13H10NO2+. The van der Waals surface area contributed by atoms with Crippen LogP contribution in [0, 0.1) is 6.92 Å². The minimum Gasteiger partial charge on any atom is -0.371 e. The highest BCUT2D eigenvalue weighted by Gasteiger charge is 2.16. The highest BCUT2D eigenvalue weighted by molar-refractivity contribution is 5.89. The van der Waals surface area contributed by atoms with E-state index in [9.17, 15) is 4.79 Å². The largest absolute Gasteiger partial charge is 0.608 e. The lowest BCUT2D eigenvalue weighted by Gasteiger charge is -1.97. The van der Waals surface area contributed by atoms with Gasteiger partial charge in [0.1, 0.15) is 0 Å². The number of para-hydroxylation sites is 1. The summed E-state index contributed by atoms with van der Waals surface area (Å²) in [5.74, 6) is -0.341. The van der Waals surface area contributed by atoms with Gasteiger partial charge in [-0.1, -0.05) is 16.5 Å². The van der Waals surface area contributed by atoms with Crippen molar-refractivity contribution in [3.63, 3.8) is 0 Å². The molecule has 0 fully saturated rings. The summed E-state index contributed by atoms with van der Waals surface area (Å²) in [5.41, 5.74) is 2.38. The van der Waals surface area contributed by atoms with Crippen LogP contribution in [0.15, 0.2) is 51.7 Å². The molecular weight excluding hydrogens is 202 g/mol. The molecule has 3 aromatic rings. The second kappa shape index (κ2) is 3.17. The van der Waals surface area contributed by atoms with E-state index >= 15 is 0 Å². The van der Waals surface area contributed by atoms with Crippen LogP contribution in [-0.4, -0.2) is 0 Å². The fourth-order valence-electron chi connectivity index (χ4n) is 1.98. The monoisotopic (exact) mass is 212 g/mol. The Hall–Kier alpha value is -2.16. The Bertz CT molecular complexity index is 744. The first-order chi connectivity index (χ1) is 7.77. The summed E-state index contributed by atoms with van der Waals surface area (Å²) < 4.78 is 6.85. The fraction of sp³-hybridized carbons (Fsp3) is 0.0769. The van der Waals surface area contributed by atoms with Crippen molar-refractivity contribution in [1.29, 1.82) is 0 Å². The third-order valence-corrected chi connectivity index (χ3v) is 2.73. The molecule has 0 N–H and O–H groups in total. The van der Waals surface area contributed by atoms with Crippen molar-refractivity contribution in [3.05, 3.63) is 58.7 Å². The number of rotatable bonds is 0. The summed E-state index contributed by atoms with van der Waals surface area (Å²) >= 11 is 0. The van der Waals surface area contributed by atoms with E-state index in [-0.39, 0.29) is 5.76 Å². The first-order valence-electron chi connectivity index (χ1n) is 5.10. The van der Waals surface area contributed by atoms with E-state index in [0.29, 0.717) is 5.58 Å². The zero-order valence-electron chi connectivity index (χ0n) is 8.81. The van der Waals surface area contributed by atoms with Gasteiger partial charge < -0.3 is 4.42 Å². The summed E-state index contributed by atoms with van der Waals surface area (Å²) in [6, 6.07) is 13.3. The van der Waals surface area contributed by atoms with Crippen molar-refractivity contribution in [2.24, 2.45) is 0 Å². The van der Waals surface area contributed by atoms with Crippen molar-refractivity contribution in [1.82, 2.24) is 0 Å². The zero-order chi connectivity index (χ0) is 11.1. The molecule has 3 heteroatoms. The van der Waals surface area contributed by atoms with Gasteiger partial charge in [-0.3, -0.25) is 0 Å². The lowest BCUT2D eigenvalue weighted by molar-refractivity contribution is -0.550. The molecule has 3 rings (SSSR count). The number of pyridine rings is 1. The molecule has 16 heavy (non-hydrogen) atoms. The number of fused-ring (bicyclic) bond motifs is 3. The second-order valence-corrected chi connectivity index (χ2v) is 3.75. The van der Waals surface area contributed by atoms with E-state index in [0.717, 1.165) is 16.6 Å². The van der Waals surface area contributed by atoms with Crippen LogP contribution in [0.25, 0.3) is 16.5 Å². The van der Waals surface area contributed by atoms with Gasteiger partial charge in [0.2, 0.25) is 5.52 Å². The van der Waals surface area contributed by atoms with E-state index in [1.807, 2.05) is 43.3 Å². The highest BCUT2D eigenvalue weighted by atomic mass is 16.4. The van der Waals surface area contributed by atoms with Crippen molar-refractivity contribution in [2.75, 3.05) is 0 Å². The van der Waals surface area contributed by atoms with E-state index in [1.165, 1.54) is 0 Å². The minimum atomic E-state index is -0.341. The molecule has 0 bridgehead atoms. The summed E-state index contributed by atoms with van der Waals surface area (Å²) in [5, 5.41) is 0.950. The van der Waals surface area contributed by atoms with Crippen LogP contribution in [0.4, 0.5) is 0 Å². The van der Waals surface area contributed by atoms with Gasteiger partial charge in [0, 0.05) is 19.1 Å². The van der Waals surface area contributed by atoms with Gasteiger partial charge in [-0.2, -0.15) is 4.79 Å². The van der Waals surface area contributed by atoms with Crippen molar-refractivity contribution in [3.8, 4) is 0 Å². The maximum Gasteiger partial charge on any atom is 0.608 e. The van der Waals surface area contributed by atoms with Crippen molar-refractivity contribution >= 4 is 16.5 Å². The van der Waals surface area contributed by atoms with Gasteiger partial charge >= 0.3 is 5.76 Å². The molecule has 1 aromatic carbocycles. The maximum absolute atomic E-state index is 11.8. The molecule has 2 heterocycles. The lowest BCUT2D eigenvalue weighted by atomic mass is 10.2. The van der Waals surface area contributed by atoms with E-state index < -0.39 is 0 Å². The number of aromatic nitrogens is 1. The summed E-state index contributed by atoms with van der Waals surface area (Å²) in [4.78, 5) is 11.8. The van der Waals surface area contributed by atoms with E-state index in [2.05, 4.69) is 0 Å². The van der Waals surface area contributed by atoms with Gasteiger partial charge in [-0.25, -0.2) is 0 Å². The highest BCUT2D eigenvalue weighted by Crippen LogP contribution is 2.14. The molecule has 0 amide bonds. The van der Waals surface area contributed by atoms with Crippen LogP contribution < -0.4 is 10.2 Å². The Kier molecular flexibility index (Phi) is 1.80. The second-order valence-electron chi connectivity index (χ2n) is 3.75. The molecule has 2 aromatic heterocycles. The van der Waals surface area contributed by atoms with Gasteiger partial charge in [0.15, 0.2) is 11.3 Å². The van der Waals surface area contributed by atoms with Crippen LogP contribution in [0.1, 0.15) is 5.69 Å². The number of benzene rings is 1. The van der Waals surface area contributed by atoms with Gasteiger partial charge in [0.25, 0.3) is 0 Å². The Balaban J connectivity index is 2.71. The van der Waals surface area contributed by atoms with Gasteiger partial charge in [-0.05, 0) is 18.2 Å². The van der Waals surface area contributed by atoms with E-state index in [1.54, 1.807) is 10.5 Å². The van der Waals surface area contributed by atoms with Crippen LogP contribution in [0.3, 0.4) is 0 Å². The average Bonchev–Trinajstić information content (AvgIpc) is 2.29. The smallest absolute Gasteiger partial charge is 0.371 e. The van der Waals surface area contributed by atoms with Gasteiger partial charge in [0.05, 0.1) is 5.39 Å². The number of hydrogen-bond donors (Lipinski definition) is 0. The van der Waals surface area contributed by atoms with Gasteiger partial charge in [-0.15, -0.1) is 0 Å². The number of hydrogen-bond acceptors (Lipinski definition) is 2. The molecule has 78 valence electrons. The summed E-state index contributed by atoms with van der Waals surface area (Å²) in [6.07, 6.45) is 0. The lowest BCUT2D eigenvalue weighted by Crippen LogP contribution is -2.42. The van der Waals surface area contributed by atoms with E-state index in [4.69, 9.17) is 4.42 Å². The predicted molar refractivity (Wildman–Crippen MR) is 60.4 cm³/mol. The first kappa shape index (κ1) is 9.09. The Labute approximate surface area is 91.6 Å². The summed E-state index contributed by atoms with van der Waals surface area (Å²) in [7, 11) is 0. The SMILES string of the molecule is Cc1cccc2c3ccccc3oc(=O)[n+]12. The molecule has 0 atom stereocenters. The Morgan fingerprint density at radius 1 is 1.06 bits per heavy atom. The fourth-order valence-corrected chi connectivity index (χ4v) is 1.98. The van der Waals surface area contributed by atoms with Crippen LogP contribution in [0.2, 0.25) is 0 Å². The molecule has 3 nitrogen and oxygen atoms in total. The molecule has 0 saturated carbocycles. The minimum absolute atomic E-state index is 0.341. The van der Waals surface area contributed by atoms with Crippen molar-refractivity contribution in [2.45, 2.75) is 6.92 Å². The Morgan fingerprint density at radius 2 is 1.88 bits per heavy atom. The number of aryl methyl sites for hydroxylation is 1. The molecule has 0 saturated heterocycles. The third-order valence-electron chi connectivity index (χ3n) is 2.73. The van der Waals surface area contributed by atoms with Crippen LogP contribution in [-0.2, 0) is 0 Å². The quantitative estimate of drug-likeness (QED) is 0.421. The van der Waals surface area contributed by atoms with Crippen molar-refractivity contribution < 1.29 is 8.82 Å². The molecule has 0 radical (unpaired) electrons. The summed E-state index contributed by atoms with van der Waals surface area (Å²) in [6.45, 7) is 1.89. The Morgan fingerprint density at radius 3 is 2.75 bits per heavy atom. The normalized spacial score (nSPS) is 11.1. The predicted octanol–water partition coefficient (Wildman–Crippen LogP) is 1.84. The number of nitrogens with zero attached hydrogens (tertiary/aromatic N) is 1. The molecule has 0 aliphatic carbocycles. The molecule has 0 aliphatic rings. The third kappa shape index (κ3) is 1.15.